The number of fused-ring (bicyclic) bond motifs is 1. The lowest BCUT2D eigenvalue weighted by molar-refractivity contribution is -0.123. The molecule has 0 aromatic heterocycles. The van der Waals surface area contributed by atoms with Gasteiger partial charge in [-0.25, -0.2) is 15.2 Å². The Hall–Kier alpha value is -2.64. The van der Waals surface area contributed by atoms with Crippen molar-refractivity contribution in [1.29, 1.82) is 0 Å². The van der Waals surface area contributed by atoms with Crippen LogP contribution in [0.2, 0.25) is 0 Å². The van der Waals surface area contributed by atoms with Crippen LogP contribution in [-0.2, 0) is 11.3 Å². The number of carbonyl (C=O) groups is 1. The molecule has 0 bridgehead atoms. The number of hydrogen-bond acceptors (Lipinski definition) is 5. The van der Waals surface area contributed by atoms with Crippen LogP contribution in [-0.4, -0.2) is 18.7 Å². The third-order valence-corrected chi connectivity index (χ3v) is 4.40. The maximum Gasteiger partial charge on any atom is 0.238 e. The van der Waals surface area contributed by atoms with Crippen LogP contribution in [0, 0.1) is 5.82 Å². The predicted octanol–water partition coefficient (Wildman–Crippen LogP) is 1.78. The zero-order valence-corrected chi connectivity index (χ0v) is 13.4. The fraction of sp³-hybridized carbons (Fsp3) is 0.278. The molecule has 2 heterocycles. The zero-order valence-electron chi connectivity index (χ0n) is 13.4. The minimum Gasteiger partial charge on any atom is -0.454 e. The molecule has 1 fully saturated rings. The van der Waals surface area contributed by atoms with E-state index in [1.807, 2.05) is 18.2 Å². The van der Waals surface area contributed by atoms with Gasteiger partial charge < -0.3 is 14.8 Å². The number of nitrogens with one attached hydrogen (secondary N) is 3. The fourth-order valence-corrected chi connectivity index (χ4v) is 3.01. The first-order valence-corrected chi connectivity index (χ1v) is 8.12. The third kappa shape index (κ3) is 3.42. The molecule has 3 N–H and O–H groups in total. The van der Waals surface area contributed by atoms with Crippen molar-refractivity contribution in [2.75, 3.05) is 6.79 Å². The summed E-state index contributed by atoms with van der Waals surface area (Å²) in [6, 6.07) is 11.5. The van der Waals surface area contributed by atoms with E-state index in [4.69, 9.17) is 9.47 Å². The van der Waals surface area contributed by atoms with Crippen LogP contribution >= 0.6 is 0 Å². The third-order valence-electron chi connectivity index (χ3n) is 4.40. The van der Waals surface area contributed by atoms with Crippen molar-refractivity contribution >= 4 is 5.91 Å². The fourth-order valence-electron chi connectivity index (χ4n) is 3.01. The summed E-state index contributed by atoms with van der Waals surface area (Å²) in [6.45, 7) is 0.641. The van der Waals surface area contributed by atoms with Gasteiger partial charge >= 0.3 is 0 Å². The average Bonchev–Trinajstić information content (AvgIpc) is 3.29. The molecule has 2 aromatic carbocycles. The lowest BCUT2D eigenvalue weighted by Gasteiger charge is -2.11. The van der Waals surface area contributed by atoms with E-state index < -0.39 is 0 Å². The lowest BCUT2D eigenvalue weighted by Crippen LogP contribution is -2.42. The number of hydrazine groups is 1. The van der Waals surface area contributed by atoms with Gasteiger partial charge in [0, 0.05) is 12.6 Å². The average molecular weight is 343 g/mol. The summed E-state index contributed by atoms with van der Waals surface area (Å²) in [7, 11) is 0. The number of rotatable bonds is 4. The van der Waals surface area contributed by atoms with E-state index in [0.717, 1.165) is 16.9 Å². The minimum atomic E-state index is -0.343. The molecule has 6 nitrogen and oxygen atoms in total. The molecular formula is C18H18FN3O3. The van der Waals surface area contributed by atoms with Crippen molar-refractivity contribution in [2.24, 2.45) is 0 Å². The van der Waals surface area contributed by atoms with Gasteiger partial charge in [0.1, 0.15) is 11.9 Å². The van der Waals surface area contributed by atoms with Gasteiger partial charge in [-0.1, -0.05) is 18.2 Å². The Balaban J connectivity index is 1.32. The van der Waals surface area contributed by atoms with Crippen molar-refractivity contribution in [2.45, 2.75) is 25.0 Å². The summed E-state index contributed by atoms with van der Waals surface area (Å²) in [5.74, 6) is 1.06. The van der Waals surface area contributed by atoms with Gasteiger partial charge in [-0.05, 0) is 41.8 Å². The van der Waals surface area contributed by atoms with E-state index in [1.54, 1.807) is 12.1 Å². The number of benzene rings is 2. The molecule has 2 unspecified atom stereocenters. The van der Waals surface area contributed by atoms with E-state index in [2.05, 4.69) is 16.2 Å². The Morgan fingerprint density at radius 2 is 1.92 bits per heavy atom. The highest BCUT2D eigenvalue weighted by molar-refractivity contribution is 5.82. The van der Waals surface area contributed by atoms with Crippen LogP contribution in [0.5, 0.6) is 11.5 Å². The summed E-state index contributed by atoms with van der Waals surface area (Å²) in [6.07, 6.45) is 0.596. The van der Waals surface area contributed by atoms with E-state index in [9.17, 15) is 9.18 Å². The molecule has 2 aliphatic rings. The summed E-state index contributed by atoms with van der Waals surface area (Å²) in [5, 5.41) is 2.92. The summed E-state index contributed by atoms with van der Waals surface area (Å²) < 4.78 is 23.6. The van der Waals surface area contributed by atoms with Gasteiger partial charge in [-0.15, -0.1) is 0 Å². The second kappa shape index (κ2) is 6.70. The van der Waals surface area contributed by atoms with Crippen molar-refractivity contribution in [3.8, 4) is 11.5 Å². The first-order chi connectivity index (χ1) is 12.2. The number of hydrogen-bond donors (Lipinski definition) is 3. The molecule has 1 saturated heterocycles. The summed E-state index contributed by atoms with van der Waals surface area (Å²) in [4.78, 5) is 12.4. The van der Waals surface area contributed by atoms with Gasteiger partial charge in [0.15, 0.2) is 11.5 Å². The zero-order chi connectivity index (χ0) is 17.2. The van der Waals surface area contributed by atoms with Crippen LogP contribution in [0.3, 0.4) is 0 Å². The van der Waals surface area contributed by atoms with Gasteiger partial charge in [-0.2, -0.15) is 0 Å². The Kier molecular flexibility index (Phi) is 4.25. The van der Waals surface area contributed by atoms with Crippen LogP contribution in [0.4, 0.5) is 4.39 Å². The molecule has 2 atom stereocenters. The quantitative estimate of drug-likeness (QED) is 0.789. The van der Waals surface area contributed by atoms with Crippen LogP contribution in [0.25, 0.3) is 0 Å². The molecule has 0 aliphatic carbocycles. The Bertz CT molecular complexity index is 782. The molecule has 2 aromatic rings. The van der Waals surface area contributed by atoms with Crippen LogP contribution in [0.15, 0.2) is 42.5 Å². The molecule has 1 amide bonds. The van der Waals surface area contributed by atoms with Crippen molar-refractivity contribution < 1.29 is 18.7 Å². The Labute approximate surface area is 144 Å². The monoisotopic (exact) mass is 343 g/mol. The molecule has 0 radical (unpaired) electrons. The van der Waals surface area contributed by atoms with Crippen molar-refractivity contribution in [3.05, 3.63) is 59.4 Å². The largest absolute Gasteiger partial charge is 0.454 e. The molecule has 130 valence electrons. The smallest absolute Gasteiger partial charge is 0.238 e. The van der Waals surface area contributed by atoms with Gasteiger partial charge in [-0.3, -0.25) is 4.79 Å². The van der Waals surface area contributed by atoms with E-state index >= 15 is 0 Å². The first-order valence-electron chi connectivity index (χ1n) is 8.12. The maximum absolute atomic E-state index is 13.0. The maximum atomic E-state index is 13.0. The van der Waals surface area contributed by atoms with Crippen LogP contribution < -0.4 is 25.6 Å². The second-order valence-corrected chi connectivity index (χ2v) is 6.09. The van der Waals surface area contributed by atoms with E-state index in [-0.39, 0.29) is 30.6 Å². The molecule has 0 saturated carbocycles. The van der Waals surface area contributed by atoms with Crippen molar-refractivity contribution in [1.82, 2.24) is 16.2 Å². The van der Waals surface area contributed by atoms with Gasteiger partial charge in [0.2, 0.25) is 12.7 Å². The summed E-state index contributed by atoms with van der Waals surface area (Å²) in [5.41, 5.74) is 7.97. The number of amides is 1. The molecule has 2 aliphatic heterocycles. The van der Waals surface area contributed by atoms with Gasteiger partial charge in [0.05, 0.1) is 0 Å². The molecule has 4 rings (SSSR count). The molecule has 7 heteroatoms. The van der Waals surface area contributed by atoms with Gasteiger partial charge in [0.25, 0.3) is 0 Å². The number of ether oxygens (including phenoxy) is 2. The standard InChI is InChI=1S/C18H18FN3O3/c19-13-4-2-12(3-5-13)14-8-15(22-21-14)18(23)20-9-11-1-6-16-17(7-11)25-10-24-16/h1-7,14-15,21-22H,8-10H2,(H,20,23). The highest BCUT2D eigenvalue weighted by Gasteiger charge is 2.30. The lowest BCUT2D eigenvalue weighted by atomic mass is 10.0. The van der Waals surface area contributed by atoms with E-state index in [0.29, 0.717) is 18.7 Å². The number of halogens is 1. The van der Waals surface area contributed by atoms with E-state index in [1.165, 1.54) is 12.1 Å². The first kappa shape index (κ1) is 15.9. The molecule has 0 spiro atoms. The SMILES string of the molecule is O=C(NCc1ccc2c(c1)OCO2)C1CC(c2ccc(F)cc2)NN1. The Morgan fingerprint density at radius 3 is 2.76 bits per heavy atom. The topological polar surface area (TPSA) is 71.6 Å². The second-order valence-electron chi connectivity index (χ2n) is 6.09. The predicted molar refractivity (Wildman–Crippen MR) is 88.2 cm³/mol. The molecule has 25 heavy (non-hydrogen) atoms. The number of carbonyl (C=O) groups excluding carboxylic acids is 1. The van der Waals surface area contributed by atoms with Crippen LogP contribution in [0.1, 0.15) is 23.6 Å². The minimum absolute atomic E-state index is 0.0260. The summed E-state index contributed by atoms with van der Waals surface area (Å²) >= 11 is 0. The highest BCUT2D eigenvalue weighted by atomic mass is 19.1. The normalized spacial score (nSPS) is 21.3. The Morgan fingerprint density at radius 1 is 1.12 bits per heavy atom. The van der Waals surface area contributed by atoms with Crippen molar-refractivity contribution in [3.63, 3.8) is 0 Å². The highest BCUT2D eigenvalue weighted by Crippen LogP contribution is 2.32. The molecular weight excluding hydrogens is 325 g/mol.